The maximum absolute atomic E-state index is 11.6. The highest BCUT2D eigenvalue weighted by Crippen LogP contribution is 2.23. The van der Waals surface area contributed by atoms with Crippen molar-refractivity contribution >= 4 is 0 Å². The third-order valence-electron chi connectivity index (χ3n) is 2.50. The molecule has 15 heavy (non-hydrogen) atoms. The Labute approximate surface area is 87.7 Å². The van der Waals surface area contributed by atoms with Gasteiger partial charge in [-0.15, -0.1) is 0 Å². The van der Waals surface area contributed by atoms with Crippen molar-refractivity contribution in [1.29, 1.82) is 0 Å². The van der Waals surface area contributed by atoms with E-state index in [1.165, 1.54) is 18.2 Å². The summed E-state index contributed by atoms with van der Waals surface area (Å²) in [6, 6.07) is 4.23. The van der Waals surface area contributed by atoms with Crippen LogP contribution in [0.25, 0.3) is 5.69 Å². The van der Waals surface area contributed by atoms with Crippen LogP contribution in [-0.2, 0) is 7.05 Å². The van der Waals surface area contributed by atoms with E-state index in [-0.39, 0.29) is 11.5 Å². The first-order chi connectivity index (χ1) is 7.09. The zero-order valence-electron chi connectivity index (χ0n) is 8.64. The third kappa shape index (κ3) is 1.54. The van der Waals surface area contributed by atoms with Crippen molar-refractivity contribution in [3.63, 3.8) is 0 Å². The second-order valence-electron chi connectivity index (χ2n) is 3.48. The standard InChI is InChI=1S/C11H12N2O2/c1-8-12(2)5-6-13(8)10-7-9(14)3-4-11(10)15/h3-7H,1-2H3,(H-,14,15). The molecule has 0 radical (unpaired) electrons. The van der Waals surface area contributed by atoms with Crippen molar-refractivity contribution in [3.05, 3.63) is 36.4 Å². The molecule has 0 aliphatic rings. The molecule has 1 aromatic carbocycles. The molecule has 0 aliphatic carbocycles. The lowest BCUT2D eigenvalue weighted by atomic mass is 10.2. The Morgan fingerprint density at radius 1 is 1.40 bits per heavy atom. The molecule has 0 atom stereocenters. The Kier molecular flexibility index (Phi) is 2.11. The molecule has 1 aromatic heterocycles. The lowest BCUT2D eigenvalue weighted by Crippen LogP contribution is -2.29. The normalized spacial score (nSPS) is 10.5. The first kappa shape index (κ1) is 9.58. The first-order valence-corrected chi connectivity index (χ1v) is 4.63. The average molecular weight is 204 g/mol. The van der Waals surface area contributed by atoms with Gasteiger partial charge in [-0.05, 0) is 6.07 Å². The second-order valence-corrected chi connectivity index (χ2v) is 3.48. The van der Waals surface area contributed by atoms with Crippen molar-refractivity contribution in [2.75, 3.05) is 0 Å². The Morgan fingerprint density at radius 2 is 2.13 bits per heavy atom. The summed E-state index contributed by atoms with van der Waals surface area (Å²) in [5.41, 5.74) is 0.466. The molecule has 0 unspecified atom stereocenters. The number of imidazole rings is 1. The maximum atomic E-state index is 11.6. The van der Waals surface area contributed by atoms with E-state index in [1.807, 2.05) is 24.7 Å². The number of aryl methyl sites for hydroxylation is 1. The summed E-state index contributed by atoms with van der Waals surface area (Å²) in [5.74, 6) is 0.921. The monoisotopic (exact) mass is 204 g/mol. The number of phenolic OH excluding ortho intramolecular Hbond substituents is 1. The quantitative estimate of drug-likeness (QED) is 0.683. The molecule has 0 saturated carbocycles. The van der Waals surface area contributed by atoms with Gasteiger partial charge in [0.05, 0.1) is 7.05 Å². The molecule has 1 N–H and O–H groups in total. The number of benzene rings is 1. The van der Waals surface area contributed by atoms with Crippen molar-refractivity contribution < 1.29 is 14.8 Å². The van der Waals surface area contributed by atoms with Crippen molar-refractivity contribution in [2.45, 2.75) is 6.92 Å². The topological polar surface area (TPSA) is 52.1 Å². The van der Waals surface area contributed by atoms with Crippen LogP contribution in [0.5, 0.6) is 11.5 Å². The summed E-state index contributed by atoms with van der Waals surface area (Å²) in [6.07, 6.45) is 3.66. The molecule has 0 fully saturated rings. The summed E-state index contributed by atoms with van der Waals surface area (Å²) < 4.78 is 3.66. The predicted octanol–water partition coefficient (Wildman–Crippen LogP) is 0.389. The van der Waals surface area contributed by atoms with E-state index in [2.05, 4.69) is 0 Å². The molecular formula is C11H12N2O2. The minimum atomic E-state index is -0.105. The third-order valence-corrected chi connectivity index (χ3v) is 2.50. The van der Waals surface area contributed by atoms with Gasteiger partial charge in [0.1, 0.15) is 23.8 Å². The number of aromatic nitrogens is 2. The highest BCUT2D eigenvalue weighted by atomic mass is 16.3. The molecule has 0 saturated heterocycles. The number of hydrogen-bond acceptors (Lipinski definition) is 2. The molecule has 0 bridgehead atoms. The smallest absolute Gasteiger partial charge is 0.258 e. The summed E-state index contributed by atoms with van der Waals surface area (Å²) in [7, 11) is 1.90. The number of rotatable bonds is 1. The van der Waals surface area contributed by atoms with Crippen LogP contribution >= 0.6 is 0 Å². The highest BCUT2D eigenvalue weighted by molar-refractivity contribution is 5.49. The van der Waals surface area contributed by atoms with Crippen LogP contribution in [0.1, 0.15) is 5.82 Å². The maximum Gasteiger partial charge on any atom is 0.258 e. The summed E-state index contributed by atoms with van der Waals surface area (Å²) in [6.45, 7) is 1.91. The first-order valence-electron chi connectivity index (χ1n) is 4.63. The zero-order valence-corrected chi connectivity index (χ0v) is 8.64. The Hall–Kier alpha value is -1.97. The van der Waals surface area contributed by atoms with Crippen LogP contribution in [0.2, 0.25) is 0 Å². The fourth-order valence-electron chi connectivity index (χ4n) is 1.50. The molecule has 2 aromatic rings. The summed E-state index contributed by atoms with van der Waals surface area (Å²) in [4.78, 5) is 0. The van der Waals surface area contributed by atoms with Crippen LogP contribution < -0.4 is 9.67 Å². The van der Waals surface area contributed by atoms with Crippen LogP contribution in [-0.4, -0.2) is 9.67 Å². The molecule has 4 nitrogen and oxygen atoms in total. The van der Waals surface area contributed by atoms with Crippen LogP contribution in [0.3, 0.4) is 0 Å². The molecule has 0 amide bonds. The van der Waals surface area contributed by atoms with Gasteiger partial charge in [0.2, 0.25) is 0 Å². The van der Waals surface area contributed by atoms with Gasteiger partial charge in [-0.25, -0.2) is 9.13 Å². The van der Waals surface area contributed by atoms with E-state index in [1.54, 1.807) is 10.8 Å². The molecule has 4 heteroatoms. The van der Waals surface area contributed by atoms with Gasteiger partial charge in [-0.1, -0.05) is 11.8 Å². The number of hydrogen-bond donors (Lipinski definition) is 1. The lowest BCUT2D eigenvalue weighted by Gasteiger charge is -2.10. The molecule has 2 rings (SSSR count). The van der Waals surface area contributed by atoms with Gasteiger partial charge < -0.3 is 10.2 Å². The van der Waals surface area contributed by atoms with Gasteiger partial charge in [-0.2, -0.15) is 0 Å². The minimum Gasteiger partial charge on any atom is -0.870 e. The van der Waals surface area contributed by atoms with E-state index < -0.39 is 0 Å². The van der Waals surface area contributed by atoms with E-state index >= 15 is 0 Å². The van der Waals surface area contributed by atoms with Gasteiger partial charge in [0, 0.05) is 13.0 Å². The van der Waals surface area contributed by atoms with E-state index in [0.29, 0.717) is 5.69 Å². The number of nitrogens with zero attached hydrogens (tertiary/aromatic N) is 2. The fourth-order valence-corrected chi connectivity index (χ4v) is 1.50. The lowest BCUT2D eigenvalue weighted by molar-refractivity contribution is -0.677. The van der Waals surface area contributed by atoms with Crippen molar-refractivity contribution in [2.24, 2.45) is 7.05 Å². The van der Waals surface area contributed by atoms with Crippen LogP contribution in [0.15, 0.2) is 30.6 Å². The summed E-state index contributed by atoms with van der Waals surface area (Å²) >= 11 is 0. The van der Waals surface area contributed by atoms with E-state index in [0.717, 1.165) is 5.82 Å². The number of phenols is 1. The Morgan fingerprint density at radius 3 is 2.73 bits per heavy atom. The van der Waals surface area contributed by atoms with E-state index in [4.69, 9.17) is 0 Å². The van der Waals surface area contributed by atoms with E-state index in [9.17, 15) is 10.2 Å². The SMILES string of the molecule is Cc1n(-c2cc(O)ccc2[O-])cc[n+]1C. The van der Waals surface area contributed by atoms with Crippen molar-refractivity contribution in [3.8, 4) is 17.2 Å². The minimum absolute atomic E-state index is 0.0975. The van der Waals surface area contributed by atoms with Gasteiger partial charge in [0.15, 0.2) is 0 Å². The van der Waals surface area contributed by atoms with Crippen LogP contribution in [0, 0.1) is 6.92 Å². The van der Waals surface area contributed by atoms with Crippen LogP contribution in [0.4, 0.5) is 0 Å². The van der Waals surface area contributed by atoms with Gasteiger partial charge in [0.25, 0.3) is 5.82 Å². The predicted molar refractivity (Wildman–Crippen MR) is 52.8 cm³/mol. The molecular weight excluding hydrogens is 192 g/mol. The second kappa shape index (κ2) is 3.31. The Balaban J connectivity index is 2.63. The molecule has 0 aliphatic heterocycles. The number of aromatic hydroxyl groups is 1. The highest BCUT2D eigenvalue weighted by Gasteiger charge is 2.12. The van der Waals surface area contributed by atoms with Gasteiger partial charge in [-0.3, -0.25) is 0 Å². The molecule has 1 heterocycles. The molecule has 0 spiro atoms. The zero-order chi connectivity index (χ0) is 11.0. The van der Waals surface area contributed by atoms with Crippen molar-refractivity contribution in [1.82, 2.24) is 4.57 Å². The average Bonchev–Trinajstić information content (AvgIpc) is 2.52. The summed E-state index contributed by atoms with van der Waals surface area (Å²) in [5, 5.41) is 20.9. The molecule has 78 valence electrons. The largest absolute Gasteiger partial charge is 0.870 e. The van der Waals surface area contributed by atoms with Gasteiger partial charge >= 0.3 is 0 Å². The Bertz CT molecular complexity index is 503. The fraction of sp³-hybridized carbons (Fsp3) is 0.182.